The zero-order valence-electron chi connectivity index (χ0n) is 9.91. The number of methoxy groups -OCH3 is 1. The van der Waals surface area contributed by atoms with E-state index in [9.17, 15) is 4.79 Å². The highest BCUT2D eigenvalue weighted by atomic mass is 16.5. The standard InChI is InChI=1S/C12H19NO2/c1-5-9(2)7-13-8-10(3)6-11(13)12(14)15-4/h6,8-9H,5,7H2,1-4H3. The van der Waals surface area contributed by atoms with Crippen molar-refractivity contribution in [2.45, 2.75) is 33.7 Å². The van der Waals surface area contributed by atoms with Gasteiger partial charge in [0, 0.05) is 12.7 Å². The third kappa shape index (κ3) is 2.85. The van der Waals surface area contributed by atoms with Gasteiger partial charge in [-0.3, -0.25) is 0 Å². The van der Waals surface area contributed by atoms with Crippen LogP contribution in [0, 0.1) is 12.8 Å². The summed E-state index contributed by atoms with van der Waals surface area (Å²) in [7, 11) is 1.41. The Hall–Kier alpha value is -1.25. The fourth-order valence-corrected chi connectivity index (χ4v) is 1.55. The first kappa shape index (κ1) is 11.8. The molecule has 0 N–H and O–H groups in total. The third-order valence-corrected chi connectivity index (χ3v) is 2.63. The lowest BCUT2D eigenvalue weighted by molar-refractivity contribution is 0.0587. The van der Waals surface area contributed by atoms with E-state index in [0.29, 0.717) is 11.6 Å². The molecule has 1 atom stereocenters. The van der Waals surface area contributed by atoms with Gasteiger partial charge in [0.1, 0.15) is 5.69 Å². The molecule has 1 rings (SSSR count). The molecular weight excluding hydrogens is 190 g/mol. The van der Waals surface area contributed by atoms with E-state index >= 15 is 0 Å². The minimum absolute atomic E-state index is 0.258. The maximum Gasteiger partial charge on any atom is 0.354 e. The quantitative estimate of drug-likeness (QED) is 0.714. The van der Waals surface area contributed by atoms with Crippen molar-refractivity contribution in [2.24, 2.45) is 5.92 Å². The Morgan fingerprint density at radius 2 is 2.27 bits per heavy atom. The molecule has 0 spiro atoms. The van der Waals surface area contributed by atoms with Gasteiger partial charge in [0.05, 0.1) is 7.11 Å². The van der Waals surface area contributed by atoms with Crippen LogP contribution in [-0.4, -0.2) is 17.6 Å². The van der Waals surface area contributed by atoms with E-state index in [1.54, 1.807) is 0 Å². The second-order valence-electron chi connectivity index (χ2n) is 4.06. The fraction of sp³-hybridized carbons (Fsp3) is 0.583. The van der Waals surface area contributed by atoms with Gasteiger partial charge < -0.3 is 9.30 Å². The van der Waals surface area contributed by atoms with E-state index in [-0.39, 0.29) is 5.97 Å². The molecular formula is C12H19NO2. The van der Waals surface area contributed by atoms with Crippen LogP contribution in [0.25, 0.3) is 0 Å². The summed E-state index contributed by atoms with van der Waals surface area (Å²) in [5, 5.41) is 0. The number of aromatic nitrogens is 1. The van der Waals surface area contributed by atoms with Crippen LogP contribution in [0.1, 0.15) is 36.3 Å². The smallest absolute Gasteiger partial charge is 0.354 e. The summed E-state index contributed by atoms with van der Waals surface area (Å²) < 4.78 is 6.73. The van der Waals surface area contributed by atoms with Crippen molar-refractivity contribution in [1.29, 1.82) is 0 Å². The Morgan fingerprint density at radius 1 is 1.60 bits per heavy atom. The van der Waals surface area contributed by atoms with Crippen LogP contribution in [-0.2, 0) is 11.3 Å². The van der Waals surface area contributed by atoms with Crippen molar-refractivity contribution in [3.63, 3.8) is 0 Å². The van der Waals surface area contributed by atoms with E-state index in [1.807, 2.05) is 23.8 Å². The van der Waals surface area contributed by atoms with Gasteiger partial charge >= 0.3 is 5.97 Å². The maximum atomic E-state index is 11.5. The van der Waals surface area contributed by atoms with Crippen LogP contribution in [0.4, 0.5) is 0 Å². The highest BCUT2D eigenvalue weighted by molar-refractivity contribution is 5.87. The normalized spacial score (nSPS) is 12.5. The molecule has 0 bridgehead atoms. The number of rotatable bonds is 4. The Labute approximate surface area is 91.0 Å². The summed E-state index contributed by atoms with van der Waals surface area (Å²) in [6.07, 6.45) is 3.11. The Bertz CT molecular complexity index is 341. The molecule has 0 aliphatic heterocycles. The molecule has 0 fully saturated rings. The Kier molecular flexibility index (Phi) is 3.95. The molecule has 3 nitrogen and oxygen atoms in total. The summed E-state index contributed by atoms with van der Waals surface area (Å²) in [5.74, 6) is 0.312. The number of esters is 1. The molecule has 15 heavy (non-hydrogen) atoms. The van der Waals surface area contributed by atoms with Crippen molar-refractivity contribution in [3.05, 3.63) is 23.5 Å². The summed E-state index contributed by atoms with van der Waals surface area (Å²) in [4.78, 5) is 11.5. The molecule has 0 aliphatic rings. The zero-order valence-corrected chi connectivity index (χ0v) is 9.91. The SMILES string of the molecule is CCC(C)Cn1cc(C)cc1C(=O)OC. The van der Waals surface area contributed by atoms with Crippen LogP contribution in [0.3, 0.4) is 0 Å². The van der Waals surface area contributed by atoms with Gasteiger partial charge in [0.15, 0.2) is 0 Å². The number of carbonyl (C=O) groups excluding carboxylic acids is 1. The molecule has 1 aromatic heterocycles. The number of hydrogen-bond donors (Lipinski definition) is 0. The topological polar surface area (TPSA) is 31.2 Å². The molecule has 3 heteroatoms. The molecule has 0 aromatic carbocycles. The first-order valence-corrected chi connectivity index (χ1v) is 5.33. The number of aryl methyl sites for hydroxylation is 1. The molecule has 1 aromatic rings. The minimum atomic E-state index is -0.258. The van der Waals surface area contributed by atoms with Crippen molar-refractivity contribution in [3.8, 4) is 0 Å². The second kappa shape index (κ2) is 5.01. The minimum Gasteiger partial charge on any atom is -0.464 e. The van der Waals surface area contributed by atoms with E-state index < -0.39 is 0 Å². The van der Waals surface area contributed by atoms with E-state index in [0.717, 1.165) is 18.5 Å². The molecule has 84 valence electrons. The van der Waals surface area contributed by atoms with Crippen LogP contribution in [0.5, 0.6) is 0 Å². The average molecular weight is 209 g/mol. The van der Waals surface area contributed by atoms with Gasteiger partial charge in [-0.1, -0.05) is 20.3 Å². The second-order valence-corrected chi connectivity index (χ2v) is 4.06. The van der Waals surface area contributed by atoms with Crippen LogP contribution in [0.15, 0.2) is 12.3 Å². The van der Waals surface area contributed by atoms with Gasteiger partial charge in [-0.2, -0.15) is 0 Å². The highest BCUT2D eigenvalue weighted by Crippen LogP contribution is 2.13. The number of nitrogens with zero attached hydrogens (tertiary/aromatic N) is 1. The van der Waals surface area contributed by atoms with Crippen molar-refractivity contribution >= 4 is 5.97 Å². The van der Waals surface area contributed by atoms with Gasteiger partial charge in [0.2, 0.25) is 0 Å². The summed E-state index contributed by atoms with van der Waals surface area (Å²) in [6, 6.07) is 1.87. The van der Waals surface area contributed by atoms with E-state index in [4.69, 9.17) is 4.74 Å². The lowest BCUT2D eigenvalue weighted by atomic mass is 10.1. The predicted molar refractivity (Wildman–Crippen MR) is 60.0 cm³/mol. The van der Waals surface area contributed by atoms with Gasteiger partial charge in [-0.15, -0.1) is 0 Å². The van der Waals surface area contributed by atoms with E-state index in [1.165, 1.54) is 7.11 Å². The summed E-state index contributed by atoms with van der Waals surface area (Å²) in [6.45, 7) is 7.18. The monoisotopic (exact) mass is 209 g/mol. The zero-order chi connectivity index (χ0) is 11.4. The van der Waals surface area contributed by atoms with Gasteiger partial charge in [0.25, 0.3) is 0 Å². The van der Waals surface area contributed by atoms with Crippen molar-refractivity contribution < 1.29 is 9.53 Å². The maximum absolute atomic E-state index is 11.5. The van der Waals surface area contributed by atoms with Crippen LogP contribution in [0.2, 0.25) is 0 Å². The predicted octanol–water partition coefficient (Wildman–Crippen LogP) is 2.63. The number of ether oxygens (including phenoxy) is 1. The van der Waals surface area contributed by atoms with Crippen molar-refractivity contribution in [2.75, 3.05) is 7.11 Å². The van der Waals surface area contributed by atoms with E-state index in [2.05, 4.69) is 13.8 Å². The van der Waals surface area contributed by atoms with Crippen molar-refractivity contribution in [1.82, 2.24) is 4.57 Å². The highest BCUT2D eigenvalue weighted by Gasteiger charge is 2.13. The molecule has 0 saturated carbocycles. The molecule has 1 unspecified atom stereocenters. The largest absolute Gasteiger partial charge is 0.464 e. The number of hydrogen-bond acceptors (Lipinski definition) is 2. The first-order valence-electron chi connectivity index (χ1n) is 5.33. The van der Waals surface area contributed by atoms with Crippen LogP contribution < -0.4 is 0 Å². The van der Waals surface area contributed by atoms with Gasteiger partial charge in [-0.25, -0.2) is 4.79 Å². The third-order valence-electron chi connectivity index (χ3n) is 2.63. The summed E-state index contributed by atoms with van der Waals surface area (Å²) >= 11 is 0. The lowest BCUT2D eigenvalue weighted by Gasteiger charge is -2.12. The molecule has 0 amide bonds. The molecule has 1 heterocycles. The number of carbonyl (C=O) groups is 1. The lowest BCUT2D eigenvalue weighted by Crippen LogP contribution is -2.13. The Balaban J connectivity index is 2.91. The first-order chi connectivity index (χ1) is 7.08. The Morgan fingerprint density at radius 3 is 2.80 bits per heavy atom. The van der Waals surface area contributed by atoms with Crippen LogP contribution >= 0.6 is 0 Å². The molecule has 0 aliphatic carbocycles. The summed E-state index contributed by atoms with van der Waals surface area (Å²) in [5.41, 5.74) is 1.74. The van der Waals surface area contributed by atoms with Gasteiger partial charge in [-0.05, 0) is 24.5 Å². The molecule has 0 saturated heterocycles. The average Bonchev–Trinajstić information content (AvgIpc) is 2.58. The fourth-order valence-electron chi connectivity index (χ4n) is 1.55. The molecule has 0 radical (unpaired) electrons.